The third kappa shape index (κ3) is 2.21. The first-order chi connectivity index (χ1) is 9.22. The Kier molecular flexibility index (Phi) is 2.57. The average Bonchev–Trinajstić information content (AvgIpc) is 2.87. The first-order valence-electron chi connectivity index (χ1n) is 5.50. The molecule has 0 unspecified atom stereocenters. The highest BCUT2D eigenvalue weighted by molar-refractivity contribution is 5.68. The molecule has 0 saturated heterocycles. The molecule has 0 spiro atoms. The lowest BCUT2D eigenvalue weighted by atomic mass is 10.2. The Balaban J connectivity index is 1.96. The lowest BCUT2D eigenvalue weighted by Crippen LogP contribution is -2.14. The third-order valence-electron chi connectivity index (χ3n) is 2.54. The molecule has 7 heteroatoms. The van der Waals surface area contributed by atoms with E-state index in [9.17, 15) is 9.90 Å². The second kappa shape index (κ2) is 4.37. The zero-order chi connectivity index (χ0) is 13.2. The molecule has 0 amide bonds. The fourth-order valence-corrected chi connectivity index (χ4v) is 1.61. The minimum Gasteiger partial charge on any atom is -0.508 e. The van der Waals surface area contributed by atoms with Gasteiger partial charge < -0.3 is 5.11 Å². The van der Waals surface area contributed by atoms with Gasteiger partial charge in [0.1, 0.15) is 5.75 Å². The Morgan fingerprint density at radius 1 is 1.21 bits per heavy atom. The summed E-state index contributed by atoms with van der Waals surface area (Å²) in [5.41, 5.74) is 1.10. The van der Waals surface area contributed by atoms with Crippen LogP contribution in [-0.2, 0) is 0 Å². The number of phenolic OH excluding ortho intramolecular Hbond substituents is 1. The van der Waals surface area contributed by atoms with E-state index in [0.29, 0.717) is 5.69 Å². The van der Waals surface area contributed by atoms with Crippen molar-refractivity contribution in [1.82, 2.24) is 25.0 Å². The Bertz CT molecular complexity index is 801. The number of nitrogens with one attached hydrogen (secondary N) is 1. The van der Waals surface area contributed by atoms with Crippen molar-refractivity contribution >= 4 is 17.9 Å². The Morgan fingerprint density at radius 3 is 2.79 bits per heavy atom. The number of fused-ring (bicyclic) bond motifs is 1. The van der Waals surface area contributed by atoms with Crippen LogP contribution in [0.4, 0.5) is 0 Å². The number of tetrazole rings is 1. The van der Waals surface area contributed by atoms with Gasteiger partial charge in [0.25, 0.3) is 11.3 Å². The molecule has 2 aromatic heterocycles. The molecule has 1 aromatic carbocycles. The van der Waals surface area contributed by atoms with Crippen LogP contribution in [0.15, 0.2) is 35.1 Å². The number of nitrogens with zero attached hydrogens (tertiary/aromatic N) is 4. The summed E-state index contributed by atoms with van der Waals surface area (Å²) >= 11 is 0. The minimum atomic E-state index is -0.277. The fraction of sp³-hybridized carbons (Fsp3) is 0. The van der Waals surface area contributed by atoms with Crippen molar-refractivity contribution in [3.63, 3.8) is 0 Å². The monoisotopic (exact) mass is 255 g/mol. The van der Waals surface area contributed by atoms with Crippen LogP contribution in [0.3, 0.4) is 0 Å². The highest BCUT2D eigenvalue weighted by atomic mass is 16.3. The van der Waals surface area contributed by atoms with Gasteiger partial charge in [0.2, 0.25) is 0 Å². The van der Waals surface area contributed by atoms with Crippen molar-refractivity contribution in [2.24, 2.45) is 0 Å². The molecule has 0 bridgehead atoms. The molecule has 0 aliphatic rings. The smallest absolute Gasteiger partial charge is 0.275 e. The Hall–Kier alpha value is -2.96. The number of aromatic amines is 1. The highest BCUT2D eigenvalue weighted by Crippen LogP contribution is 2.11. The first-order valence-corrected chi connectivity index (χ1v) is 5.50. The molecule has 0 radical (unpaired) electrons. The molecule has 0 saturated carbocycles. The van der Waals surface area contributed by atoms with Crippen LogP contribution < -0.4 is 5.56 Å². The van der Waals surface area contributed by atoms with Crippen molar-refractivity contribution < 1.29 is 5.11 Å². The minimum absolute atomic E-state index is 0.206. The quantitative estimate of drug-likeness (QED) is 0.702. The molecule has 2 heterocycles. The number of H-pyrrole nitrogens is 1. The number of hydrogen-bond acceptors (Lipinski definition) is 5. The van der Waals surface area contributed by atoms with Crippen LogP contribution in [0, 0.1) is 0 Å². The normalized spacial score (nSPS) is 11.4. The average molecular weight is 255 g/mol. The highest BCUT2D eigenvalue weighted by Gasteiger charge is 2.02. The van der Waals surface area contributed by atoms with Gasteiger partial charge in [0.05, 0.1) is 5.69 Å². The number of benzene rings is 1. The molecular weight excluding hydrogens is 246 g/mol. The number of hydrogen-bond donors (Lipinski definition) is 2. The fourth-order valence-electron chi connectivity index (χ4n) is 1.61. The van der Waals surface area contributed by atoms with E-state index in [1.54, 1.807) is 36.4 Å². The van der Waals surface area contributed by atoms with Gasteiger partial charge in [-0.25, -0.2) is 4.98 Å². The van der Waals surface area contributed by atoms with Crippen LogP contribution in [0.25, 0.3) is 17.9 Å². The molecule has 7 nitrogen and oxygen atoms in total. The van der Waals surface area contributed by atoms with E-state index in [1.807, 2.05) is 0 Å². The summed E-state index contributed by atoms with van der Waals surface area (Å²) in [5, 5.41) is 18.8. The van der Waals surface area contributed by atoms with Crippen LogP contribution >= 0.6 is 0 Å². The largest absolute Gasteiger partial charge is 0.508 e. The predicted molar refractivity (Wildman–Crippen MR) is 68.4 cm³/mol. The van der Waals surface area contributed by atoms with Gasteiger partial charge in [0.15, 0.2) is 0 Å². The molecule has 0 aliphatic heterocycles. The third-order valence-corrected chi connectivity index (χ3v) is 2.54. The summed E-state index contributed by atoms with van der Waals surface area (Å²) in [6.45, 7) is 0. The lowest BCUT2D eigenvalue weighted by molar-refractivity contribution is 0.475. The van der Waals surface area contributed by atoms with Crippen LogP contribution in [0.1, 0.15) is 11.3 Å². The van der Waals surface area contributed by atoms with E-state index < -0.39 is 0 Å². The molecule has 19 heavy (non-hydrogen) atoms. The van der Waals surface area contributed by atoms with Crippen LogP contribution in [0.2, 0.25) is 0 Å². The second-order valence-electron chi connectivity index (χ2n) is 3.88. The number of aromatic hydroxyl groups is 1. The van der Waals surface area contributed by atoms with Gasteiger partial charge in [-0.1, -0.05) is 23.3 Å². The maximum atomic E-state index is 11.7. The van der Waals surface area contributed by atoms with Crippen molar-refractivity contribution in [3.8, 4) is 5.75 Å². The molecule has 2 N–H and O–H groups in total. The molecular formula is C12H9N5O2. The molecule has 3 aromatic rings. The zero-order valence-electron chi connectivity index (χ0n) is 9.69. The van der Waals surface area contributed by atoms with E-state index in [1.165, 1.54) is 6.07 Å². The van der Waals surface area contributed by atoms with E-state index in [-0.39, 0.29) is 17.1 Å². The maximum Gasteiger partial charge on any atom is 0.275 e. The molecule has 0 atom stereocenters. The van der Waals surface area contributed by atoms with Crippen molar-refractivity contribution in [3.05, 3.63) is 51.9 Å². The summed E-state index contributed by atoms with van der Waals surface area (Å²) in [4.78, 5) is 15.8. The number of aromatic nitrogens is 5. The van der Waals surface area contributed by atoms with E-state index in [4.69, 9.17) is 0 Å². The standard InChI is InChI=1S/C12H9N5O2/c18-10-5-2-8(3-6-10)1-4-9-7-11(19)17-12(13-9)14-15-16-17/h1-7,18H,(H,13,14,16)/b4-1+. The van der Waals surface area contributed by atoms with Crippen LogP contribution in [-0.4, -0.2) is 30.1 Å². The summed E-state index contributed by atoms with van der Waals surface area (Å²) in [6.07, 6.45) is 3.49. The van der Waals surface area contributed by atoms with E-state index >= 15 is 0 Å². The molecule has 0 aliphatic carbocycles. The SMILES string of the molecule is O=c1cc(/C=C/c2ccc(O)cc2)nc2nn[nH]n12. The first kappa shape index (κ1) is 11.1. The van der Waals surface area contributed by atoms with E-state index in [0.717, 1.165) is 10.1 Å². The predicted octanol–water partition coefficient (Wildman–Crippen LogP) is 0.689. The van der Waals surface area contributed by atoms with Gasteiger partial charge in [-0.05, 0) is 29.0 Å². The Labute approximate surface area is 106 Å². The zero-order valence-corrected chi connectivity index (χ0v) is 9.69. The number of phenols is 1. The molecule has 0 fully saturated rings. The second-order valence-corrected chi connectivity index (χ2v) is 3.88. The van der Waals surface area contributed by atoms with Gasteiger partial charge >= 0.3 is 0 Å². The van der Waals surface area contributed by atoms with Crippen molar-refractivity contribution in [1.29, 1.82) is 0 Å². The summed E-state index contributed by atoms with van der Waals surface area (Å²) in [6, 6.07) is 8.07. The van der Waals surface area contributed by atoms with E-state index in [2.05, 4.69) is 20.5 Å². The van der Waals surface area contributed by atoms with Crippen molar-refractivity contribution in [2.45, 2.75) is 0 Å². The molecule has 3 rings (SSSR count). The van der Waals surface area contributed by atoms with Gasteiger partial charge in [-0.2, -0.15) is 9.73 Å². The van der Waals surface area contributed by atoms with Gasteiger partial charge in [-0.15, -0.1) is 0 Å². The van der Waals surface area contributed by atoms with Crippen molar-refractivity contribution in [2.75, 3.05) is 0 Å². The summed E-state index contributed by atoms with van der Waals surface area (Å²) < 4.78 is 1.15. The maximum absolute atomic E-state index is 11.7. The van der Waals surface area contributed by atoms with Crippen LogP contribution in [0.5, 0.6) is 5.75 Å². The summed E-state index contributed by atoms with van der Waals surface area (Å²) in [7, 11) is 0. The lowest BCUT2D eigenvalue weighted by Gasteiger charge is -1.95. The Morgan fingerprint density at radius 2 is 2.00 bits per heavy atom. The molecule has 94 valence electrons. The van der Waals surface area contributed by atoms with Gasteiger partial charge in [-0.3, -0.25) is 4.79 Å². The topological polar surface area (TPSA) is 96.2 Å². The number of rotatable bonds is 2. The van der Waals surface area contributed by atoms with Gasteiger partial charge in [0, 0.05) is 6.07 Å². The summed E-state index contributed by atoms with van der Waals surface area (Å²) in [5.74, 6) is 0.426.